The predicted octanol–water partition coefficient (Wildman–Crippen LogP) is 1.29. The van der Waals surface area contributed by atoms with Gasteiger partial charge in [-0.1, -0.05) is 18.2 Å². The number of aromatic nitrogens is 1. The molecule has 0 amide bonds. The van der Waals surface area contributed by atoms with Gasteiger partial charge >= 0.3 is 5.97 Å². The number of carbonyl (C=O) groups excluding carboxylic acids is 1. The zero-order chi connectivity index (χ0) is 13.9. The molecule has 1 fully saturated rings. The highest BCUT2D eigenvalue weighted by molar-refractivity contribution is 5.89. The van der Waals surface area contributed by atoms with Crippen LogP contribution in [0.15, 0.2) is 30.5 Å². The van der Waals surface area contributed by atoms with Gasteiger partial charge in [0.2, 0.25) is 0 Å². The van der Waals surface area contributed by atoms with E-state index in [0.29, 0.717) is 0 Å². The molecule has 3 rings (SSSR count). The lowest BCUT2D eigenvalue weighted by molar-refractivity contribution is -0.147. The molecule has 0 radical (unpaired) electrons. The summed E-state index contributed by atoms with van der Waals surface area (Å²) in [5.74, 6) is -0.198. The average Bonchev–Trinajstić information content (AvgIpc) is 2.92. The second kappa shape index (κ2) is 5.64. The first-order chi connectivity index (χ1) is 9.81. The molecule has 1 aromatic heterocycles. The summed E-state index contributed by atoms with van der Waals surface area (Å²) in [5.41, 5.74) is 2.04. The highest BCUT2D eigenvalue weighted by atomic mass is 16.5. The molecule has 0 aliphatic carbocycles. The number of para-hydroxylation sites is 1. The first-order valence-corrected chi connectivity index (χ1v) is 6.90. The van der Waals surface area contributed by atoms with Crippen molar-refractivity contribution in [1.29, 1.82) is 0 Å². The molecule has 5 nitrogen and oxygen atoms in total. The van der Waals surface area contributed by atoms with Gasteiger partial charge in [-0.15, -0.1) is 0 Å². The number of ether oxygens (including phenoxy) is 1. The molecule has 5 heteroatoms. The van der Waals surface area contributed by atoms with Crippen LogP contribution in [0.2, 0.25) is 0 Å². The monoisotopic (exact) mass is 273 g/mol. The third-order valence-corrected chi connectivity index (χ3v) is 3.86. The van der Waals surface area contributed by atoms with E-state index in [-0.39, 0.29) is 12.0 Å². The fourth-order valence-electron chi connectivity index (χ4n) is 2.84. The summed E-state index contributed by atoms with van der Waals surface area (Å²) in [6.07, 6.45) is 1.92. The maximum Gasteiger partial charge on any atom is 0.327 e. The predicted molar refractivity (Wildman–Crippen MR) is 77.5 cm³/mol. The van der Waals surface area contributed by atoms with Gasteiger partial charge in [-0.05, 0) is 6.07 Å². The van der Waals surface area contributed by atoms with E-state index in [2.05, 4.69) is 15.2 Å². The Morgan fingerprint density at radius 2 is 2.05 bits per heavy atom. The van der Waals surface area contributed by atoms with Gasteiger partial charge in [0.25, 0.3) is 0 Å². The summed E-state index contributed by atoms with van der Waals surface area (Å²) in [7, 11) is 1.45. The summed E-state index contributed by atoms with van der Waals surface area (Å²) >= 11 is 0. The lowest BCUT2D eigenvalue weighted by atomic mass is 10.0. The molecule has 0 bridgehead atoms. The molecule has 2 heterocycles. The number of hydrogen-bond acceptors (Lipinski definition) is 4. The molecular formula is C15H19N3O2. The van der Waals surface area contributed by atoms with Gasteiger partial charge < -0.3 is 15.0 Å². The number of carbonyl (C=O) groups is 1. The Balaban J connectivity index is 2.02. The van der Waals surface area contributed by atoms with E-state index in [1.54, 1.807) is 0 Å². The molecule has 2 N–H and O–H groups in total. The number of hydrogen-bond donors (Lipinski definition) is 2. The van der Waals surface area contributed by atoms with Gasteiger partial charge in [-0.25, -0.2) is 4.79 Å². The number of esters is 1. The molecule has 1 unspecified atom stereocenters. The van der Waals surface area contributed by atoms with Crippen molar-refractivity contribution >= 4 is 16.9 Å². The summed E-state index contributed by atoms with van der Waals surface area (Å²) in [4.78, 5) is 17.7. The van der Waals surface area contributed by atoms with Crippen molar-refractivity contribution < 1.29 is 9.53 Å². The topological polar surface area (TPSA) is 57.4 Å². The van der Waals surface area contributed by atoms with E-state index >= 15 is 0 Å². The normalized spacial score (nSPS) is 18.1. The van der Waals surface area contributed by atoms with Crippen molar-refractivity contribution in [3.63, 3.8) is 0 Å². The first kappa shape index (κ1) is 13.1. The summed E-state index contributed by atoms with van der Waals surface area (Å²) in [6.45, 7) is 3.49. The zero-order valence-corrected chi connectivity index (χ0v) is 11.6. The fourth-order valence-corrected chi connectivity index (χ4v) is 2.84. The van der Waals surface area contributed by atoms with Gasteiger partial charge in [0.05, 0.1) is 7.11 Å². The molecule has 20 heavy (non-hydrogen) atoms. The fraction of sp³-hybridized carbons (Fsp3) is 0.400. The van der Waals surface area contributed by atoms with Crippen LogP contribution in [0.4, 0.5) is 0 Å². The maximum atomic E-state index is 12.3. The first-order valence-electron chi connectivity index (χ1n) is 6.90. The Labute approximate surface area is 117 Å². The molecule has 0 saturated carbocycles. The maximum absolute atomic E-state index is 12.3. The van der Waals surface area contributed by atoms with Crippen molar-refractivity contribution in [2.45, 2.75) is 6.04 Å². The smallest absolute Gasteiger partial charge is 0.327 e. The van der Waals surface area contributed by atoms with Crippen molar-refractivity contribution in [3.05, 3.63) is 36.0 Å². The molecule has 1 aromatic carbocycles. The molecule has 106 valence electrons. The number of nitrogens with zero attached hydrogens (tertiary/aromatic N) is 1. The van der Waals surface area contributed by atoms with Crippen LogP contribution in [0, 0.1) is 0 Å². The highest BCUT2D eigenvalue weighted by Gasteiger charge is 2.31. The second-order valence-electron chi connectivity index (χ2n) is 5.00. The van der Waals surface area contributed by atoms with Crippen molar-refractivity contribution in [2.75, 3.05) is 33.3 Å². The average molecular weight is 273 g/mol. The van der Waals surface area contributed by atoms with Gasteiger partial charge in [0.15, 0.2) is 0 Å². The van der Waals surface area contributed by atoms with Crippen LogP contribution >= 0.6 is 0 Å². The third-order valence-electron chi connectivity index (χ3n) is 3.86. The molecule has 1 saturated heterocycles. The largest absolute Gasteiger partial charge is 0.468 e. The van der Waals surface area contributed by atoms with Gasteiger partial charge in [-0.3, -0.25) is 4.90 Å². The van der Waals surface area contributed by atoms with E-state index in [4.69, 9.17) is 4.74 Å². The van der Waals surface area contributed by atoms with E-state index in [1.165, 1.54) is 7.11 Å². The Kier molecular flexibility index (Phi) is 3.71. The lowest BCUT2D eigenvalue weighted by Crippen LogP contribution is -2.47. The van der Waals surface area contributed by atoms with Crippen LogP contribution in [0.25, 0.3) is 10.9 Å². The summed E-state index contributed by atoms with van der Waals surface area (Å²) in [6, 6.07) is 7.70. The molecule has 0 spiro atoms. The minimum Gasteiger partial charge on any atom is -0.468 e. The summed E-state index contributed by atoms with van der Waals surface area (Å²) in [5, 5.41) is 4.39. The van der Waals surface area contributed by atoms with Gasteiger partial charge in [0, 0.05) is 48.8 Å². The molecule has 1 aliphatic rings. The third kappa shape index (κ3) is 2.30. The lowest BCUT2D eigenvalue weighted by Gasteiger charge is -2.33. The number of aromatic amines is 1. The van der Waals surface area contributed by atoms with Gasteiger partial charge in [-0.2, -0.15) is 0 Å². The Morgan fingerprint density at radius 1 is 1.30 bits per heavy atom. The number of rotatable bonds is 3. The molecule has 2 aromatic rings. The number of benzene rings is 1. The van der Waals surface area contributed by atoms with Crippen LogP contribution in [0.3, 0.4) is 0 Å². The number of H-pyrrole nitrogens is 1. The van der Waals surface area contributed by atoms with E-state index < -0.39 is 0 Å². The minimum atomic E-state index is -0.335. The highest BCUT2D eigenvalue weighted by Crippen LogP contribution is 2.29. The van der Waals surface area contributed by atoms with E-state index in [9.17, 15) is 4.79 Å². The Hall–Kier alpha value is -1.85. The van der Waals surface area contributed by atoms with E-state index in [0.717, 1.165) is 42.6 Å². The Morgan fingerprint density at radius 3 is 2.80 bits per heavy atom. The Bertz CT molecular complexity index is 602. The van der Waals surface area contributed by atoms with Crippen LogP contribution in [-0.2, 0) is 9.53 Å². The van der Waals surface area contributed by atoms with Crippen LogP contribution in [0.1, 0.15) is 11.6 Å². The second-order valence-corrected chi connectivity index (χ2v) is 5.00. The number of methoxy groups -OCH3 is 1. The quantitative estimate of drug-likeness (QED) is 0.827. The number of fused-ring (bicyclic) bond motifs is 1. The van der Waals surface area contributed by atoms with Crippen LogP contribution < -0.4 is 5.32 Å². The molecule has 1 aliphatic heterocycles. The van der Waals surface area contributed by atoms with Crippen molar-refractivity contribution in [1.82, 2.24) is 15.2 Å². The molecular weight excluding hydrogens is 254 g/mol. The van der Waals surface area contributed by atoms with Crippen LogP contribution in [0.5, 0.6) is 0 Å². The van der Waals surface area contributed by atoms with Crippen molar-refractivity contribution in [3.8, 4) is 0 Å². The summed E-state index contributed by atoms with van der Waals surface area (Å²) < 4.78 is 5.02. The van der Waals surface area contributed by atoms with Crippen molar-refractivity contribution in [2.24, 2.45) is 0 Å². The molecule has 1 atom stereocenters. The van der Waals surface area contributed by atoms with E-state index in [1.807, 2.05) is 30.5 Å². The minimum absolute atomic E-state index is 0.198. The standard InChI is InChI=1S/C15H19N3O2/c1-20-15(19)14(18-8-6-16-7-9-18)12-10-17-13-5-3-2-4-11(12)13/h2-5,10,14,16-17H,6-9H2,1H3. The van der Waals surface area contributed by atoms with Crippen LogP contribution in [-0.4, -0.2) is 49.1 Å². The van der Waals surface area contributed by atoms with Gasteiger partial charge in [0.1, 0.15) is 6.04 Å². The number of nitrogens with one attached hydrogen (secondary N) is 2. The zero-order valence-electron chi connectivity index (χ0n) is 11.6. The SMILES string of the molecule is COC(=O)C(c1c[nH]c2ccccc12)N1CCNCC1. The number of piperazine rings is 1.